The van der Waals surface area contributed by atoms with Gasteiger partial charge in [0, 0.05) is 37.7 Å². The predicted octanol–water partition coefficient (Wildman–Crippen LogP) is 2.82. The highest BCUT2D eigenvalue weighted by Gasteiger charge is 2.33. The first-order chi connectivity index (χ1) is 13.1. The van der Waals surface area contributed by atoms with Gasteiger partial charge in [-0.25, -0.2) is 4.79 Å². The molecule has 4 rings (SSSR count). The first-order valence-corrected chi connectivity index (χ1v) is 9.55. The van der Waals surface area contributed by atoms with E-state index in [-0.39, 0.29) is 23.7 Å². The van der Waals surface area contributed by atoms with Gasteiger partial charge in [0.1, 0.15) is 0 Å². The monoisotopic (exact) mass is 388 g/mol. The molecule has 0 spiro atoms. The lowest BCUT2D eigenvalue weighted by Gasteiger charge is -2.26. The van der Waals surface area contributed by atoms with Crippen LogP contribution in [0.1, 0.15) is 24.8 Å². The molecule has 0 aromatic heterocycles. The number of ether oxygens (including phenoxy) is 1. The molecule has 0 unspecified atom stereocenters. The van der Waals surface area contributed by atoms with Crippen LogP contribution in [0.15, 0.2) is 41.2 Å². The highest BCUT2D eigenvalue weighted by Crippen LogP contribution is 2.22. The van der Waals surface area contributed by atoms with Crippen molar-refractivity contribution in [1.29, 1.82) is 0 Å². The second-order valence-corrected chi connectivity index (χ2v) is 7.31. The highest BCUT2D eigenvalue weighted by atomic mass is 35.5. The normalized spacial score (nSPS) is 19.9. The summed E-state index contributed by atoms with van der Waals surface area (Å²) >= 11 is 6.02. The molecule has 0 aliphatic carbocycles. The zero-order valence-corrected chi connectivity index (χ0v) is 15.7. The topological polar surface area (TPSA) is 65.5 Å². The first kappa shape index (κ1) is 17.9. The van der Waals surface area contributed by atoms with Crippen molar-refractivity contribution in [3.8, 4) is 0 Å². The van der Waals surface area contributed by atoms with Gasteiger partial charge >= 0.3 is 12.1 Å². The van der Waals surface area contributed by atoms with E-state index in [0.29, 0.717) is 24.7 Å². The van der Waals surface area contributed by atoms with Gasteiger partial charge in [0.25, 0.3) is 5.91 Å². The molecule has 1 fully saturated rings. The van der Waals surface area contributed by atoms with Crippen LogP contribution < -0.4 is 0 Å². The van der Waals surface area contributed by atoms with Crippen molar-refractivity contribution in [2.45, 2.75) is 25.8 Å². The quantitative estimate of drug-likeness (QED) is 0.798. The molecule has 3 aliphatic rings. The van der Waals surface area contributed by atoms with Gasteiger partial charge < -0.3 is 14.5 Å². The van der Waals surface area contributed by atoms with Gasteiger partial charge in [-0.05, 0) is 37.0 Å². The second kappa shape index (κ2) is 7.60. The number of hydrogen-bond donors (Lipinski definition) is 0. The number of amides is 3. The van der Waals surface area contributed by atoms with E-state index >= 15 is 0 Å². The van der Waals surface area contributed by atoms with Crippen molar-refractivity contribution < 1.29 is 14.3 Å². The molecule has 142 valence electrons. The van der Waals surface area contributed by atoms with Crippen molar-refractivity contribution in [3.05, 3.63) is 46.8 Å². The fourth-order valence-corrected chi connectivity index (χ4v) is 3.67. The molecule has 1 aromatic carbocycles. The van der Waals surface area contributed by atoms with Crippen molar-refractivity contribution in [2.24, 2.45) is 4.99 Å². The molecule has 3 amide bonds. The third-order valence-electron chi connectivity index (χ3n) is 4.91. The minimum atomic E-state index is -0.382. The molecular formula is C19H21ClN4O3. The molecule has 0 atom stereocenters. The Hall–Kier alpha value is -2.54. The van der Waals surface area contributed by atoms with Crippen LogP contribution in [0.4, 0.5) is 4.79 Å². The standard InChI is InChI=1S/C19H21ClN4O3/c20-15-6-4-5-14(11-15)12-23-9-10-24-13-16(27-19(24)21-18(23)26)17(25)22-7-2-1-3-8-22/h4-6,11,13H,1-3,7-10,12H2. The van der Waals surface area contributed by atoms with E-state index in [1.165, 1.54) is 0 Å². The predicted molar refractivity (Wildman–Crippen MR) is 101 cm³/mol. The summed E-state index contributed by atoms with van der Waals surface area (Å²) < 4.78 is 5.63. The molecule has 1 saturated heterocycles. The summed E-state index contributed by atoms with van der Waals surface area (Å²) in [7, 11) is 0. The van der Waals surface area contributed by atoms with Crippen LogP contribution in [0.2, 0.25) is 5.02 Å². The van der Waals surface area contributed by atoms with Crippen LogP contribution in [0.5, 0.6) is 0 Å². The summed E-state index contributed by atoms with van der Waals surface area (Å²) in [6, 6.07) is 7.20. The molecule has 3 heterocycles. The SMILES string of the molecule is O=C1N=C2OC(C(=O)N3CCCCC3)=CN2CCN1Cc1cccc(Cl)c1. The maximum Gasteiger partial charge on any atom is 0.348 e. The maximum atomic E-state index is 12.6. The average Bonchev–Trinajstić information content (AvgIpc) is 3.01. The van der Waals surface area contributed by atoms with Crippen LogP contribution in [-0.4, -0.2) is 58.8 Å². The van der Waals surface area contributed by atoms with Crippen LogP contribution in [-0.2, 0) is 16.1 Å². The molecule has 27 heavy (non-hydrogen) atoms. The number of aliphatic imine (C=N–C) groups is 1. The molecule has 0 bridgehead atoms. The van der Waals surface area contributed by atoms with E-state index in [9.17, 15) is 9.59 Å². The van der Waals surface area contributed by atoms with Gasteiger partial charge in [-0.3, -0.25) is 9.69 Å². The number of rotatable bonds is 3. The van der Waals surface area contributed by atoms with Gasteiger partial charge in [0.15, 0.2) is 0 Å². The lowest BCUT2D eigenvalue weighted by molar-refractivity contribution is -0.130. The summed E-state index contributed by atoms with van der Waals surface area (Å²) in [5, 5.41) is 0.633. The number of fused-ring (bicyclic) bond motifs is 1. The Labute approximate surface area is 162 Å². The minimum Gasteiger partial charge on any atom is -0.418 e. The van der Waals surface area contributed by atoms with E-state index in [0.717, 1.165) is 37.9 Å². The number of carbonyl (C=O) groups is 2. The number of hydrogen-bond acceptors (Lipinski definition) is 4. The zero-order chi connectivity index (χ0) is 18.8. The van der Waals surface area contributed by atoms with E-state index in [2.05, 4.69) is 4.99 Å². The number of likely N-dealkylation sites (tertiary alicyclic amines) is 1. The molecule has 8 heteroatoms. The number of carbonyl (C=O) groups excluding carboxylic acids is 2. The minimum absolute atomic E-state index is 0.131. The number of nitrogens with zero attached hydrogens (tertiary/aromatic N) is 4. The average molecular weight is 389 g/mol. The Kier molecular flexibility index (Phi) is 5.03. The van der Waals surface area contributed by atoms with E-state index < -0.39 is 0 Å². The smallest absolute Gasteiger partial charge is 0.348 e. The number of benzene rings is 1. The highest BCUT2D eigenvalue weighted by molar-refractivity contribution is 6.30. The molecule has 0 saturated carbocycles. The van der Waals surface area contributed by atoms with Gasteiger partial charge in [-0.15, -0.1) is 4.99 Å². The van der Waals surface area contributed by atoms with E-state index in [1.54, 1.807) is 27.0 Å². The third-order valence-corrected chi connectivity index (χ3v) is 5.14. The van der Waals surface area contributed by atoms with Crippen molar-refractivity contribution in [3.63, 3.8) is 0 Å². The van der Waals surface area contributed by atoms with Gasteiger partial charge in [-0.1, -0.05) is 23.7 Å². The Bertz CT molecular complexity index is 817. The molecule has 0 N–H and O–H groups in total. The molecule has 0 radical (unpaired) electrons. The van der Waals surface area contributed by atoms with Crippen LogP contribution in [0, 0.1) is 0 Å². The second-order valence-electron chi connectivity index (χ2n) is 6.87. The van der Waals surface area contributed by atoms with E-state index in [1.807, 2.05) is 18.2 Å². The summed E-state index contributed by atoms with van der Waals surface area (Å²) in [5.74, 6) is 0.112. The van der Waals surface area contributed by atoms with Gasteiger partial charge in [-0.2, -0.15) is 0 Å². The lowest BCUT2D eigenvalue weighted by atomic mass is 10.1. The van der Waals surface area contributed by atoms with Gasteiger partial charge in [0.05, 0.1) is 6.20 Å². The number of halogens is 1. The largest absolute Gasteiger partial charge is 0.418 e. The number of amidine groups is 1. The summed E-state index contributed by atoms with van der Waals surface area (Å²) in [5.41, 5.74) is 0.940. The van der Waals surface area contributed by atoms with Crippen LogP contribution >= 0.6 is 11.6 Å². The van der Waals surface area contributed by atoms with E-state index in [4.69, 9.17) is 16.3 Å². The molecule has 3 aliphatic heterocycles. The van der Waals surface area contributed by atoms with Gasteiger partial charge in [0.2, 0.25) is 5.76 Å². The summed E-state index contributed by atoms with van der Waals surface area (Å²) in [6.07, 6.45) is 4.84. The molecule has 1 aromatic rings. The third kappa shape index (κ3) is 3.93. The Morgan fingerprint density at radius 1 is 1.15 bits per heavy atom. The van der Waals surface area contributed by atoms with Crippen LogP contribution in [0.3, 0.4) is 0 Å². The zero-order valence-electron chi connectivity index (χ0n) is 14.9. The Morgan fingerprint density at radius 2 is 1.96 bits per heavy atom. The van der Waals surface area contributed by atoms with Crippen molar-refractivity contribution >= 4 is 29.6 Å². The van der Waals surface area contributed by atoms with Crippen LogP contribution in [0.25, 0.3) is 0 Å². The number of urea groups is 1. The number of piperidine rings is 1. The Morgan fingerprint density at radius 3 is 2.74 bits per heavy atom. The summed E-state index contributed by atoms with van der Waals surface area (Å²) in [6.45, 7) is 2.91. The summed E-state index contributed by atoms with van der Waals surface area (Å²) in [4.78, 5) is 34.3. The Balaban J connectivity index is 1.43. The molecule has 7 nitrogen and oxygen atoms in total. The maximum absolute atomic E-state index is 12.6. The lowest BCUT2D eigenvalue weighted by Crippen LogP contribution is -2.36. The first-order valence-electron chi connectivity index (χ1n) is 9.18. The molecular weight excluding hydrogens is 368 g/mol. The fraction of sp³-hybridized carbons (Fsp3) is 0.421. The fourth-order valence-electron chi connectivity index (χ4n) is 3.46. The van der Waals surface area contributed by atoms with Crippen molar-refractivity contribution in [2.75, 3.05) is 26.2 Å². The van der Waals surface area contributed by atoms with Crippen molar-refractivity contribution in [1.82, 2.24) is 14.7 Å².